The molecule has 0 aliphatic carbocycles. The van der Waals surface area contributed by atoms with Gasteiger partial charge in [0.25, 0.3) is 0 Å². The van der Waals surface area contributed by atoms with E-state index in [1.54, 1.807) is 0 Å². The predicted octanol–water partition coefficient (Wildman–Crippen LogP) is 2.91. The van der Waals surface area contributed by atoms with E-state index in [2.05, 4.69) is 32.6 Å². The molecular weight excluding hydrogens is 242 g/mol. The molecule has 1 rings (SSSR count). The van der Waals surface area contributed by atoms with E-state index in [0.29, 0.717) is 12.1 Å². The zero-order valence-electron chi connectivity index (χ0n) is 12.8. The first-order valence-corrected chi connectivity index (χ1v) is 7.49. The second-order valence-corrected chi connectivity index (χ2v) is 6.13. The van der Waals surface area contributed by atoms with Crippen LogP contribution in [-0.2, 0) is 9.53 Å². The van der Waals surface area contributed by atoms with E-state index in [4.69, 9.17) is 9.84 Å². The quantitative estimate of drug-likeness (QED) is 0.773. The number of rotatable bonds is 7. The van der Waals surface area contributed by atoms with Crippen LogP contribution in [0.1, 0.15) is 59.8 Å². The summed E-state index contributed by atoms with van der Waals surface area (Å²) in [5, 5.41) is 8.76. The van der Waals surface area contributed by atoms with Gasteiger partial charge < -0.3 is 9.84 Å². The first-order chi connectivity index (χ1) is 8.88. The third-order valence-corrected chi connectivity index (χ3v) is 4.26. The molecule has 1 aliphatic rings. The average molecular weight is 271 g/mol. The molecule has 112 valence electrons. The Morgan fingerprint density at radius 1 is 1.53 bits per heavy atom. The lowest BCUT2D eigenvalue weighted by Gasteiger charge is -2.44. The molecule has 0 bridgehead atoms. The van der Waals surface area contributed by atoms with Crippen LogP contribution in [-0.4, -0.2) is 46.8 Å². The highest BCUT2D eigenvalue weighted by Gasteiger charge is 2.35. The van der Waals surface area contributed by atoms with Gasteiger partial charge in [0.15, 0.2) is 0 Å². The minimum atomic E-state index is -0.700. The summed E-state index contributed by atoms with van der Waals surface area (Å²) in [7, 11) is 0. The van der Waals surface area contributed by atoms with Crippen molar-refractivity contribution in [1.29, 1.82) is 0 Å². The molecule has 0 amide bonds. The number of hydrogen-bond acceptors (Lipinski definition) is 3. The first kappa shape index (κ1) is 16.4. The number of aliphatic carboxylic acids is 1. The van der Waals surface area contributed by atoms with Gasteiger partial charge in [0.1, 0.15) is 0 Å². The molecule has 0 saturated carbocycles. The van der Waals surface area contributed by atoms with Crippen molar-refractivity contribution in [3.8, 4) is 0 Å². The smallest absolute Gasteiger partial charge is 0.303 e. The van der Waals surface area contributed by atoms with Crippen molar-refractivity contribution in [3.63, 3.8) is 0 Å². The Hall–Kier alpha value is -0.610. The average Bonchev–Trinajstić information content (AvgIpc) is 2.34. The maximum atomic E-state index is 10.6. The summed E-state index contributed by atoms with van der Waals surface area (Å²) in [4.78, 5) is 13.1. The van der Waals surface area contributed by atoms with Crippen LogP contribution in [0, 0.1) is 0 Å². The lowest BCUT2D eigenvalue weighted by Crippen LogP contribution is -2.49. The molecule has 1 aliphatic heterocycles. The van der Waals surface area contributed by atoms with Crippen LogP contribution < -0.4 is 0 Å². The Morgan fingerprint density at radius 3 is 2.74 bits per heavy atom. The van der Waals surface area contributed by atoms with Crippen molar-refractivity contribution in [2.24, 2.45) is 0 Å². The third-order valence-electron chi connectivity index (χ3n) is 4.26. The zero-order chi connectivity index (χ0) is 14.5. The van der Waals surface area contributed by atoms with Crippen LogP contribution in [0.3, 0.4) is 0 Å². The third kappa shape index (κ3) is 5.11. The van der Waals surface area contributed by atoms with E-state index >= 15 is 0 Å². The van der Waals surface area contributed by atoms with E-state index in [1.165, 1.54) is 0 Å². The number of carbonyl (C=O) groups is 1. The molecule has 2 unspecified atom stereocenters. The van der Waals surface area contributed by atoms with Crippen molar-refractivity contribution in [2.75, 3.05) is 13.2 Å². The zero-order valence-corrected chi connectivity index (χ0v) is 12.8. The summed E-state index contributed by atoms with van der Waals surface area (Å²) < 4.78 is 5.90. The normalized spacial score (nSPS) is 28.0. The first-order valence-electron chi connectivity index (χ1n) is 7.49. The fourth-order valence-electron chi connectivity index (χ4n) is 2.91. The van der Waals surface area contributed by atoms with Crippen molar-refractivity contribution in [2.45, 2.75) is 77.5 Å². The maximum Gasteiger partial charge on any atom is 0.303 e. The molecule has 19 heavy (non-hydrogen) atoms. The molecule has 2 atom stereocenters. The van der Waals surface area contributed by atoms with Gasteiger partial charge in [-0.1, -0.05) is 6.92 Å². The second kappa shape index (κ2) is 7.25. The Balaban J connectivity index is 2.57. The summed E-state index contributed by atoms with van der Waals surface area (Å²) in [6.45, 7) is 10.4. The molecule has 0 aromatic carbocycles. The van der Waals surface area contributed by atoms with Crippen LogP contribution in [0.4, 0.5) is 0 Å². The lowest BCUT2D eigenvalue weighted by atomic mass is 9.88. The second-order valence-electron chi connectivity index (χ2n) is 6.13. The largest absolute Gasteiger partial charge is 0.481 e. The van der Waals surface area contributed by atoms with Gasteiger partial charge in [-0.05, 0) is 53.0 Å². The maximum absolute atomic E-state index is 10.6. The molecule has 1 saturated heterocycles. The summed E-state index contributed by atoms with van der Waals surface area (Å²) in [5.74, 6) is -0.700. The highest BCUT2D eigenvalue weighted by molar-refractivity contribution is 5.66. The number of carboxylic acid groups (broad SMARTS) is 1. The number of ether oxygens (including phenoxy) is 1. The molecule has 4 nitrogen and oxygen atoms in total. The SMILES string of the molecule is CCC1(C)CC(N(CCCC(=O)O)C(C)C)CCO1. The summed E-state index contributed by atoms with van der Waals surface area (Å²) in [6.07, 6.45) is 4.13. The van der Waals surface area contributed by atoms with Gasteiger partial charge in [-0.2, -0.15) is 0 Å². The van der Waals surface area contributed by atoms with Crippen LogP contribution in [0.5, 0.6) is 0 Å². The van der Waals surface area contributed by atoms with E-state index in [-0.39, 0.29) is 12.0 Å². The van der Waals surface area contributed by atoms with Crippen molar-refractivity contribution in [1.82, 2.24) is 4.90 Å². The predicted molar refractivity (Wildman–Crippen MR) is 76.4 cm³/mol. The fourth-order valence-corrected chi connectivity index (χ4v) is 2.91. The standard InChI is InChI=1S/C15H29NO3/c1-5-15(4)11-13(8-10-19-15)16(12(2)3)9-6-7-14(17)18/h12-13H,5-11H2,1-4H3,(H,17,18). The van der Waals surface area contributed by atoms with Gasteiger partial charge in [0.05, 0.1) is 5.60 Å². The minimum absolute atomic E-state index is 0.0111. The Labute approximate surface area is 117 Å². The lowest BCUT2D eigenvalue weighted by molar-refractivity contribution is -0.137. The molecule has 4 heteroatoms. The van der Waals surface area contributed by atoms with Gasteiger partial charge >= 0.3 is 5.97 Å². The van der Waals surface area contributed by atoms with Gasteiger partial charge in [0, 0.05) is 25.1 Å². The molecule has 1 N–H and O–H groups in total. The number of carboxylic acids is 1. The van der Waals surface area contributed by atoms with Crippen molar-refractivity contribution < 1.29 is 14.6 Å². The topological polar surface area (TPSA) is 49.8 Å². The Morgan fingerprint density at radius 2 is 2.21 bits per heavy atom. The monoisotopic (exact) mass is 271 g/mol. The molecule has 1 fully saturated rings. The summed E-state index contributed by atoms with van der Waals surface area (Å²) in [5.41, 5.74) is -0.0111. The fraction of sp³-hybridized carbons (Fsp3) is 0.933. The van der Waals surface area contributed by atoms with Crippen molar-refractivity contribution >= 4 is 5.97 Å². The molecule has 0 spiro atoms. The van der Waals surface area contributed by atoms with Gasteiger partial charge in [0.2, 0.25) is 0 Å². The summed E-state index contributed by atoms with van der Waals surface area (Å²) in [6, 6.07) is 0.977. The molecule has 1 heterocycles. The van der Waals surface area contributed by atoms with Crippen LogP contribution in [0.25, 0.3) is 0 Å². The van der Waals surface area contributed by atoms with Crippen LogP contribution in [0.2, 0.25) is 0 Å². The van der Waals surface area contributed by atoms with E-state index in [9.17, 15) is 4.79 Å². The molecule has 0 aromatic rings. The van der Waals surface area contributed by atoms with Crippen LogP contribution in [0.15, 0.2) is 0 Å². The van der Waals surface area contributed by atoms with Crippen molar-refractivity contribution in [3.05, 3.63) is 0 Å². The van der Waals surface area contributed by atoms with E-state index in [0.717, 1.165) is 38.8 Å². The number of nitrogens with zero attached hydrogens (tertiary/aromatic N) is 1. The molecule has 0 aromatic heterocycles. The Bertz CT molecular complexity index is 293. The van der Waals surface area contributed by atoms with Crippen LogP contribution >= 0.6 is 0 Å². The van der Waals surface area contributed by atoms with Gasteiger partial charge in [-0.25, -0.2) is 0 Å². The van der Waals surface area contributed by atoms with Gasteiger partial charge in [-0.15, -0.1) is 0 Å². The number of hydrogen-bond donors (Lipinski definition) is 1. The van der Waals surface area contributed by atoms with Gasteiger partial charge in [-0.3, -0.25) is 9.69 Å². The van der Waals surface area contributed by atoms with E-state index in [1.807, 2.05) is 0 Å². The Kier molecular flexibility index (Phi) is 6.27. The highest BCUT2D eigenvalue weighted by atomic mass is 16.5. The van der Waals surface area contributed by atoms with E-state index < -0.39 is 5.97 Å². The molecular formula is C15H29NO3. The summed E-state index contributed by atoms with van der Waals surface area (Å²) >= 11 is 0. The highest BCUT2D eigenvalue weighted by Crippen LogP contribution is 2.31. The minimum Gasteiger partial charge on any atom is -0.481 e. The molecule has 0 radical (unpaired) electrons.